The van der Waals surface area contributed by atoms with Crippen LogP contribution in [0.25, 0.3) is 0 Å². The summed E-state index contributed by atoms with van der Waals surface area (Å²) in [5.74, 6) is -1.27. The zero-order valence-electron chi connectivity index (χ0n) is 7.04. The van der Waals surface area contributed by atoms with Crippen LogP contribution in [0.4, 0.5) is 0 Å². The fourth-order valence-corrected chi connectivity index (χ4v) is 1.64. The van der Waals surface area contributed by atoms with Crippen LogP contribution in [0, 0.1) is 0 Å². The first-order chi connectivity index (χ1) is 6.50. The number of benzene rings is 1. The van der Waals surface area contributed by atoms with E-state index >= 15 is 0 Å². The van der Waals surface area contributed by atoms with E-state index in [0.717, 1.165) is 8.95 Å². The van der Waals surface area contributed by atoms with E-state index in [2.05, 4.69) is 31.9 Å². The van der Waals surface area contributed by atoms with E-state index in [0.29, 0.717) is 5.56 Å². The highest BCUT2D eigenvalue weighted by Gasteiger charge is 2.09. The number of carbonyl (C=O) groups is 1. The van der Waals surface area contributed by atoms with Gasteiger partial charge in [0, 0.05) is 21.3 Å². The second-order valence-corrected chi connectivity index (χ2v) is 4.47. The van der Waals surface area contributed by atoms with Crippen molar-refractivity contribution in [3.8, 4) is 0 Å². The lowest BCUT2D eigenvalue weighted by Gasteiger charge is -2.12. The molecule has 5 heteroatoms. The van der Waals surface area contributed by atoms with Gasteiger partial charge in [0.15, 0.2) is 0 Å². The maximum Gasteiger partial charge on any atom is 0.0842 e. The number of carboxylic acids is 1. The van der Waals surface area contributed by atoms with Crippen LogP contribution in [0.15, 0.2) is 27.1 Å². The number of halogens is 2. The highest BCUT2D eigenvalue weighted by atomic mass is 79.9. The van der Waals surface area contributed by atoms with E-state index in [1.165, 1.54) is 0 Å². The smallest absolute Gasteiger partial charge is 0.0842 e. The summed E-state index contributed by atoms with van der Waals surface area (Å²) in [5, 5.41) is 19.7. The molecule has 0 spiro atoms. The molecule has 1 aromatic carbocycles. The molecule has 0 bridgehead atoms. The van der Waals surface area contributed by atoms with E-state index < -0.39 is 18.5 Å². The summed E-state index contributed by atoms with van der Waals surface area (Å²) in [6, 6.07) is 5.05. The number of carbonyl (C=O) groups excluding carboxylic acids is 1. The first-order valence-electron chi connectivity index (χ1n) is 3.83. The molecule has 0 aromatic heterocycles. The van der Waals surface area contributed by atoms with Crippen molar-refractivity contribution < 1.29 is 15.0 Å². The summed E-state index contributed by atoms with van der Waals surface area (Å²) in [6.45, 7) is 0. The van der Waals surface area contributed by atoms with E-state index in [-0.39, 0.29) is 0 Å². The van der Waals surface area contributed by atoms with Crippen LogP contribution in [-0.2, 0) is 4.79 Å². The SMILES string of the molecule is O=C([O-])CC(O)c1ccc(Br)c(Br)c1. The van der Waals surface area contributed by atoms with Gasteiger partial charge in [-0.1, -0.05) is 6.07 Å². The van der Waals surface area contributed by atoms with Crippen molar-refractivity contribution in [2.24, 2.45) is 0 Å². The Morgan fingerprint density at radius 1 is 1.43 bits per heavy atom. The average Bonchev–Trinajstić information content (AvgIpc) is 2.08. The van der Waals surface area contributed by atoms with Crippen molar-refractivity contribution in [3.63, 3.8) is 0 Å². The zero-order valence-corrected chi connectivity index (χ0v) is 10.2. The van der Waals surface area contributed by atoms with Crippen molar-refractivity contribution in [2.75, 3.05) is 0 Å². The van der Waals surface area contributed by atoms with E-state index in [1.807, 2.05) is 0 Å². The Morgan fingerprint density at radius 2 is 2.07 bits per heavy atom. The van der Waals surface area contributed by atoms with Crippen LogP contribution in [-0.4, -0.2) is 11.1 Å². The highest BCUT2D eigenvalue weighted by Crippen LogP contribution is 2.27. The van der Waals surface area contributed by atoms with Gasteiger partial charge in [0.2, 0.25) is 0 Å². The van der Waals surface area contributed by atoms with Gasteiger partial charge in [0.1, 0.15) is 0 Å². The van der Waals surface area contributed by atoms with Gasteiger partial charge in [-0.2, -0.15) is 0 Å². The molecule has 0 radical (unpaired) electrons. The van der Waals surface area contributed by atoms with Crippen LogP contribution in [0.3, 0.4) is 0 Å². The normalized spacial score (nSPS) is 12.5. The Kier molecular flexibility index (Phi) is 4.10. The van der Waals surface area contributed by atoms with Crippen LogP contribution in [0.2, 0.25) is 0 Å². The van der Waals surface area contributed by atoms with E-state index in [4.69, 9.17) is 0 Å². The third-order valence-corrected chi connectivity index (χ3v) is 3.57. The number of aliphatic hydroxyl groups excluding tert-OH is 1. The molecule has 1 aromatic rings. The number of hydrogen-bond donors (Lipinski definition) is 1. The van der Waals surface area contributed by atoms with Gasteiger partial charge in [-0.3, -0.25) is 0 Å². The van der Waals surface area contributed by atoms with Gasteiger partial charge in [-0.25, -0.2) is 0 Å². The Hall–Kier alpha value is -0.390. The molecule has 0 aliphatic carbocycles. The summed E-state index contributed by atoms with van der Waals surface area (Å²) in [5.41, 5.74) is 0.546. The summed E-state index contributed by atoms with van der Waals surface area (Å²) >= 11 is 6.53. The quantitative estimate of drug-likeness (QED) is 0.914. The minimum absolute atomic E-state index is 0.395. The second kappa shape index (κ2) is 4.91. The number of carboxylic acid groups (broad SMARTS) is 1. The van der Waals surface area contributed by atoms with Gasteiger partial charge >= 0.3 is 0 Å². The van der Waals surface area contributed by atoms with E-state index in [9.17, 15) is 15.0 Å². The van der Waals surface area contributed by atoms with Gasteiger partial charge in [-0.05, 0) is 49.6 Å². The van der Waals surface area contributed by atoms with Gasteiger partial charge in [-0.15, -0.1) is 0 Å². The van der Waals surface area contributed by atoms with Crippen molar-refractivity contribution >= 4 is 37.8 Å². The minimum Gasteiger partial charge on any atom is -0.550 e. The predicted molar refractivity (Wildman–Crippen MR) is 56.4 cm³/mol. The molecule has 1 atom stereocenters. The van der Waals surface area contributed by atoms with Crippen LogP contribution < -0.4 is 5.11 Å². The first kappa shape index (κ1) is 11.7. The number of aliphatic hydroxyl groups is 1. The molecule has 1 unspecified atom stereocenters. The van der Waals surface area contributed by atoms with Gasteiger partial charge < -0.3 is 15.0 Å². The molecule has 0 aliphatic heterocycles. The molecular formula is C9H7Br2O3-. The maximum absolute atomic E-state index is 10.2. The largest absolute Gasteiger partial charge is 0.550 e. The third-order valence-electron chi connectivity index (χ3n) is 1.69. The van der Waals surface area contributed by atoms with Crippen LogP contribution in [0.5, 0.6) is 0 Å². The van der Waals surface area contributed by atoms with Gasteiger partial charge in [0.05, 0.1) is 6.10 Å². The van der Waals surface area contributed by atoms with Crippen molar-refractivity contribution in [2.45, 2.75) is 12.5 Å². The maximum atomic E-state index is 10.2. The molecule has 0 saturated carbocycles. The molecule has 76 valence electrons. The standard InChI is InChI=1S/C9H8Br2O3/c10-6-2-1-5(3-7(6)11)8(12)4-9(13)14/h1-3,8,12H,4H2,(H,13,14)/p-1. The number of rotatable bonds is 3. The van der Waals surface area contributed by atoms with E-state index in [1.54, 1.807) is 18.2 Å². The van der Waals surface area contributed by atoms with Crippen LogP contribution in [0.1, 0.15) is 18.1 Å². The average molecular weight is 323 g/mol. The van der Waals surface area contributed by atoms with Crippen molar-refractivity contribution in [1.29, 1.82) is 0 Å². The second-order valence-electron chi connectivity index (χ2n) is 2.77. The van der Waals surface area contributed by atoms with Gasteiger partial charge in [0.25, 0.3) is 0 Å². The Bertz CT molecular complexity index is 352. The highest BCUT2D eigenvalue weighted by molar-refractivity contribution is 9.13. The van der Waals surface area contributed by atoms with Crippen molar-refractivity contribution in [3.05, 3.63) is 32.7 Å². The molecule has 3 nitrogen and oxygen atoms in total. The Balaban J connectivity index is 2.85. The molecule has 0 aliphatic rings. The molecular weight excluding hydrogens is 316 g/mol. The fraction of sp³-hybridized carbons (Fsp3) is 0.222. The minimum atomic E-state index is -1.27. The number of hydrogen-bond acceptors (Lipinski definition) is 3. The monoisotopic (exact) mass is 321 g/mol. The molecule has 14 heavy (non-hydrogen) atoms. The Labute approximate surface area is 98.0 Å². The lowest BCUT2D eigenvalue weighted by Crippen LogP contribution is -2.24. The summed E-state index contributed by atoms with van der Waals surface area (Å²) in [4.78, 5) is 10.2. The summed E-state index contributed by atoms with van der Waals surface area (Å²) < 4.78 is 1.62. The zero-order chi connectivity index (χ0) is 10.7. The lowest BCUT2D eigenvalue weighted by atomic mass is 10.1. The van der Waals surface area contributed by atoms with Crippen molar-refractivity contribution in [1.82, 2.24) is 0 Å². The molecule has 1 N–H and O–H groups in total. The Morgan fingerprint density at radius 3 is 2.57 bits per heavy atom. The molecule has 0 heterocycles. The lowest BCUT2D eigenvalue weighted by molar-refractivity contribution is -0.307. The molecule has 0 fully saturated rings. The molecule has 1 rings (SSSR count). The predicted octanol–water partition coefficient (Wildman–Crippen LogP) is 1.39. The summed E-state index contributed by atoms with van der Waals surface area (Å²) in [6.07, 6.45) is -1.42. The van der Waals surface area contributed by atoms with Crippen LogP contribution >= 0.6 is 31.9 Å². The fourth-order valence-electron chi connectivity index (χ4n) is 0.995. The summed E-state index contributed by atoms with van der Waals surface area (Å²) in [7, 11) is 0. The number of aliphatic carboxylic acids is 1. The first-order valence-corrected chi connectivity index (χ1v) is 5.42. The molecule has 0 amide bonds. The third kappa shape index (κ3) is 3.08. The molecule has 0 saturated heterocycles. The topological polar surface area (TPSA) is 60.4 Å².